The smallest absolute Gasteiger partial charge is 0.317 e. The second kappa shape index (κ2) is 9.15. The lowest BCUT2D eigenvalue weighted by molar-refractivity contribution is -0.0105. The predicted octanol–water partition coefficient (Wildman–Crippen LogP) is 1.89. The number of carbonyl (C=O) groups is 1. The minimum absolute atomic E-state index is 0.0115. The maximum absolute atomic E-state index is 12.4. The molecular formula is C17H28N4O4. The Labute approximate surface area is 148 Å². The molecule has 2 amide bonds. The molecule has 3 rings (SSSR count). The van der Waals surface area contributed by atoms with Crippen molar-refractivity contribution in [2.24, 2.45) is 0 Å². The van der Waals surface area contributed by atoms with E-state index >= 15 is 0 Å². The second-order valence-corrected chi connectivity index (χ2v) is 6.80. The zero-order valence-corrected chi connectivity index (χ0v) is 14.9. The molecule has 1 aromatic heterocycles. The highest BCUT2D eigenvalue weighted by molar-refractivity contribution is 5.74. The molecule has 0 unspecified atom stereocenters. The highest BCUT2D eigenvalue weighted by atomic mass is 16.5. The van der Waals surface area contributed by atoms with E-state index in [1.54, 1.807) is 7.11 Å². The van der Waals surface area contributed by atoms with E-state index in [1.165, 1.54) is 12.8 Å². The summed E-state index contributed by atoms with van der Waals surface area (Å²) in [7, 11) is 1.64. The van der Waals surface area contributed by atoms with Gasteiger partial charge in [-0.1, -0.05) is 18.0 Å². The van der Waals surface area contributed by atoms with Gasteiger partial charge in [0.25, 0.3) is 5.89 Å². The van der Waals surface area contributed by atoms with Crippen molar-refractivity contribution in [2.45, 2.75) is 63.7 Å². The van der Waals surface area contributed by atoms with Crippen LogP contribution in [0.4, 0.5) is 4.79 Å². The third-order valence-corrected chi connectivity index (χ3v) is 4.83. The fraction of sp³-hybridized carbons (Fsp3) is 0.824. The Morgan fingerprint density at radius 2 is 2.16 bits per heavy atom. The highest BCUT2D eigenvalue weighted by Gasteiger charge is 2.27. The van der Waals surface area contributed by atoms with Crippen LogP contribution >= 0.6 is 0 Å². The molecule has 1 atom stereocenters. The van der Waals surface area contributed by atoms with Crippen LogP contribution in [0, 0.1) is 0 Å². The number of amides is 2. The van der Waals surface area contributed by atoms with Gasteiger partial charge >= 0.3 is 6.03 Å². The molecule has 2 fully saturated rings. The molecule has 25 heavy (non-hydrogen) atoms. The van der Waals surface area contributed by atoms with Crippen LogP contribution in [0.2, 0.25) is 0 Å². The summed E-state index contributed by atoms with van der Waals surface area (Å²) in [5, 5.41) is 7.04. The molecule has 8 nitrogen and oxygen atoms in total. The van der Waals surface area contributed by atoms with Gasteiger partial charge in [-0.25, -0.2) is 4.79 Å². The molecule has 0 bridgehead atoms. The summed E-state index contributed by atoms with van der Waals surface area (Å²) in [6, 6.07) is 0.387. The SMILES string of the molecule is COCCc1noc(CO[C@@H]2CCCN(C(=O)NC3CCCC3)C2)n1. The monoisotopic (exact) mass is 352 g/mol. The summed E-state index contributed by atoms with van der Waals surface area (Å²) in [5.41, 5.74) is 0. The third-order valence-electron chi connectivity index (χ3n) is 4.83. The van der Waals surface area contributed by atoms with Crippen molar-refractivity contribution in [3.05, 3.63) is 11.7 Å². The summed E-state index contributed by atoms with van der Waals surface area (Å²) in [6.45, 7) is 2.25. The van der Waals surface area contributed by atoms with Crippen LogP contribution in [0.1, 0.15) is 50.2 Å². The first-order valence-corrected chi connectivity index (χ1v) is 9.22. The molecule has 0 spiro atoms. The molecule has 8 heteroatoms. The third kappa shape index (κ3) is 5.40. The van der Waals surface area contributed by atoms with Gasteiger partial charge < -0.3 is 24.2 Å². The Balaban J connectivity index is 1.41. The number of rotatable bonds is 7. The first-order valence-electron chi connectivity index (χ1n) is 9.22. The lowest BCUT2D eigenvalue weighted by Crippen LogP contribution is -2.49. The lowest BCUT2D eigenvalue weighted by atomic mass is 10.1. The summed E-state index contributed by atoms with van der Waals surface area (Å²) in [4.78, 5) is 18.5. The number of hydrogen-bond donors (Lipinski definition) is 1. The van der Waals surface area contributed by atoms with Gasteiger partial charge in [-0.2, -0.15) is 4.98 Å². The summed E-state index contributed by atoms with van der Waals surface area (Å²) in [6.07, 6.45) is 7.16. The molecule has 2 heterocycles. The number of urea groups is 1. The maximum Gasteiger partial charge on any atom is 0.317 e. The number of nitrogens with zero attached hydrogens (tertiary/aromatic N) is 3. The van der Waals surface area contributed by atoms with Gasteiger partial charge in [0.2, 0.25) is 0 Å². The van der Waals surface area contributed by atoms with Crippen molar-refractivity contribution in [3.8, 4) is 0 Å². The number of hydrogen-bond acceptors (Lipinski definition) is 6. The van der Waals surface area contributed by atoms with Gasteiger partial charge in [0, 0.05) is 32.7 Å². The van der Waals surface area contributed by atoms with Gasteiger partial charge in [-0.15, -0.1) is 0 Å². The van der Waals surface area contributed by atoms with Crippen molar-refractivity contribution >= 4 is 6.03 Å². The molecule has 1 aromatic rings. The molecule has 2 aliphatic rings. The molecule has 1 saturated heterocycles. The van der Waals surface area contributed by atoms with Crippen molar-refractivity contribution in [1.29, 1.82) is 0 Å². The molecule has 1 N–H and O–H groups in total. The molecule has 0 aromatic carbocycles. The van der Waals surface area contributed by atoms with Crippen LogP contribution in [-0.4, -0.2) is 60.0 Å². The fourth-order valence-corrected chi connectivity index (χ4v) is 3.43. The van der Waals surface area contributed by atoms with E-state index in [-0.39, 0.29) is 18.7 Å². The zero-order chi connectivity index (χ0) is 17.5. The molecule has 1 saturated carbocycles. The number of methoxy groups -OCH3 is 1. The number of aromatic nitrogens is 2. The minimum Gasteiger partial charge on any atom is -0.384 e. The lowest BCUT2D eigenvalue weighted by Gasteiger charge is -2.33. The van der Waals surface area contributed by atoms with Crippen LogP contribution in [0.5, 0.6) is 0 Å². The highest BCUT2D eigenvalue weighted by Crippen LogP contribution is 2.19. The number of ether oxygens (including phenoxy) is 2. The van der Waals surface area contributed by atoms with Crippen LogP contribution in [0.15, 0.2) is 4.52 Å². The Morgan fingerprint density at radius 3 is 2.96 bits per heavy atom. The summed E-state index contributed by atoms with van der Waals surface area (Å²) in [5.74, 6) is 1.10. The Kier molecular flexibility index (Phi) is 6.63. The van der Waals surface area contributed by atoms with E-state index in [4.69, 9.17) is 14.0 Å². The Bertz CT molecular complexity index is 545. The zero-order valence-electron chi connectivity index (χ0n) is 14.9. The van der Waals surface area contributed by atoms with Gasteiger partial charge in [0.1, 0.15) is 6.61 Å². The van der Waals surface area contributed by atoms with E-state index in [0.29, 0.717) is 37.3 Å². The van der Waals surface area contributed by atoms with Crippen molar-refractivity contribution in [3.63, 3.8) is 0 Å². The standard InChI is InChI=1S/C17H28N4O4/c1-23-10-8-15-19-16(25-20-15)12-24-14-7-4-9-21(11-14)17(22)18-13-5-2-3-6-13/h13-14H,2-12H2,1H3,(H,18,22)/t14-/m1/s1. The van der Waals surface area contributed by atoms with E-state index in [0.717, 1.165) is 32.2 Å². The van der Waals surface area contributed by atoms with Crippen LogP contribution < -0.4 is 5.32 Å². The fourth-order valence-electron chi connectivity index (χ4n) is 3.43. The van der Waals surface area contributed by atoms with Gasteiger partial charge in [-0.3, -0.25) is 0 Å². The predicted molar refractivity (Wildman–Crippen MR) is 90.0 cm³/mol. The van der Waals surface area contributed by atoms with Crippen LogP contribution in [0.25, 0.3) is 0 Å². The van der Waals surface area contributed by atoms with Gasteiger partial charge in [0.15, 0.2) is 5.82 Å². The Hall–Kier alpha value is -1.67. The first-order chi connectivity index (χ1) is 12.2. The van der Waals surface area contributed by atoms with E-state index in [1.807, 2.05) is 4.90 Å². The summed E-state index contributed by atoms with van der Waals surface area (Å²) >= 11 is 0. The average Bonchev–Trinajstić information content (AvgIpc) is 3.30. The quantitative estimate of drug-likeness (QED) is 0.806. The Morgan fingerprint density at radius 1 is 1.32 bits per heavy atom. The van der Waals surface area contributed by atoms with Gasteiger partial charge in [-0.05, 0) is 25.7 Å². The number of piperidine rings is 1. The number of nitrogens with one attached hydrogen (secondary N) is 1. The van der Waals surface area contributed by atoms with Crippen molar-refractivity contribution in [2.75, 3.05) is 26.8 Å². The molecule has 0 radical (unpaired) electrons. The number of likely N-dealkylation sites (tertiary alicyclic amines) is 1. The molecule has 1 aliphatic heterocycles. The largest absolute Gasteiger partial charge is 0.384 e. The second-order valence-electron chi connectivity index (χ2n) is 6.80. The minimum atomic E-state index is 0.0115. The summed E-state index contributed by atoms with van der Waals surface area (Å²) < 4.78 is 16.1. The molecular weight excluding hydrogens is 324 g/mol. The molecule has 1 aliphatic carbocycles. The van der Waals surface area contributed by atoms with Gasteiger partial charge in [0.05, 0.1) is 12.7 Å². The maximum atomic E-state index is 12.4. The molecule has 140 valence electrons. The normalized spacial score (nSPS) is 21.6. The first kappa shape index (κ1) is 18.1. The van der Waals surface area contributed by atoms with E-state index < -0.39 is 0 Å². The number of carbonyl (C=O) groups excluding carboxylic acids is 1. The van der Waals surface area contributed by atoms with Crippen LogP contribution in [-0.2, 0) is 22.5 Å². The van der Waals surface area contributed by atoms with Crippen molar-refractivity contribution < 1.29 is 18.8 Å². The topological polar surface area (TPSA) is 89.7 Å². The van der Waals surface area contributed by atoms with E-state index in [2.05, 4.69) is 15.5 Å². The van der Waals surface area contributed by atoms with Crippen LogP contribution in [0.3, 0.4) is 0 Å². The van der Waals surface area contributed by atoms with Crippen molar-refractivity contribution in [1.82, 2.24) is 20.4 Å². The average molecular weight is 352 g/mol. The van der Waals surface area contributed by atoms with E-state index in [9.17, 15) is 4.79 Å².